The van der Waals surface area contributed by atoms with Crippen molar-refractivity contribution >= 4 is 5.91 Å². The minimum Gasteiger partial charge on any atom is -0.490 e. The van der Waals surface area contributed by atoms with E-state index in [2.05, 4.69) is 6.92 Å². The molecule has 1 aromatic heterocycles. The summed E-state index contributed by atoms with van der Waals surface area (Å²) in [4.78, 5) is 27.3. The van der Waals surface area contributed by atoms with Crippen molar-refractivity contribution in [1.29, 1.82) is 0 Å². The molecule has 1 aliphatic carbocycles. The van der Waals surface area contributed by atoms with Gasteiger partial charge >= 0.3 is 0 Å². The number of halogens is 1. The Bertz CT molecular complexity index is 1540. The van der Waals surface area contributed by atoms with Crippen LogP contribution in [0.1, 0.15) is 76.0 Å². The third-order valence-corrected chi connectivity index (χ3v) is 8.83. The van der Waals surface area contributed by atoms with Gasteiger partial charge in [-0.1, -0.05) is 6.07 Å². The minimum atomic E-state index is -1.13. The molecular weight excluding hydrogens is 535 g/mol. The van der Waals surface area contributed by atoms with Gasteiger partial charge in [0.1, 0.15) is 23.1 Å². The summed E-state index contributed by atoms with van der Waals surface area (Å²) >= 11 is 0. The second-order valence-corrected chi connectivity index (χ2v) is 12.7. The van der Waals surface area contributed by atoms with E-state index in [0.717, 1.165) is 38.6 Å². The van der Waals surface area contributed by atoms with Gasteiger partial charge in [-0.05, 0) is 108 Å². The highest BCUT2D eigenvalue weighted by atomic mass is 19.1. The lowest BCUT2D eigenvalue weighted by molar-refractivity contribution is -0.134. The lowest BCUT2D eigenvalue weighted by Gasteiger charge is -2.44. The van der Waals surface area contributed by atoms with Crippen LogP contribution in [0.5, 0.6) is 17.2 Å². The number of aromatic nitrogens is 1. The van der Waals surface area contributed by atoms with Crippen molar-refractivity contribution in [2.75, 3.05) is 6.54 Å². The molecule has 2 aliphatic rings. The Morgan fingerprint density at radius 2 is 1.67 bits per heavy atom. The number of carbonyl (C=O) groups excluding carboxylic acids is 1. The first kappa shape index (κ1) is 29.8. The summed E-state index contributed by atoms with van der Waals surface area (Å²) in [7, 11) is 1.68. The Balaban J connectivity index is 1.52. The van der Waals surface area contributed by atoms with Gasteiger partial charge in [-0.25, -0.2) is 4.39 Å². The first-order valence-corrected chi connectivity index (χ1v) is 14.7. The average Bonchev–Trinajstić information content (AvgIpc) is 3.36. The number of rotatable bonds is 7. The van der Waals surface area contributed by atoms with Crippen LogP contribution >= 0.6 is 0 Å². The predicted octanol–water partition coefficient (Wildman–Crippen LogP) is 6.53. The summed E-state index contributed by atoms with van der Waals surface area (Å²) in [6, 6.07) is 9.81. The highest BCUT2D eigenvalue weighted by molar-refractivity contribution is 5.79. The van der Waals surface area contributed by atoms with Crippen LogP contribution in [0.4, 0.5) is 4.39 Å². The second-order valence-electron chi connectivity index (χ2n) is 12.7. The molecule has 5 rings (SSSR count). The number of amides is 1. The lowest BCUT2D eigenvalue weighted by Crippen LogP contribution is -2.50. The number of benzene rings is 2. The van der Waals surface area contributed by atoms with Crippen molar-refractivity contribution < 1.29 is 23.8 Å². The molecule has 1 saturated carbocycles. The fourth-order valence-electron chi connectivity index (χ4n) is 6.29. The number of hydrogen-bond acceptors (Lipinski definition) is 5. The van der Waals surface area contributed by atoms with E-state index in [1.807, 2.05) is 11.0 Å². The number of aliphatic hydroxyl groups is 1. The maximum absolute atomic E-state index is 14.0. The van der Waals surface area contributed by atoms with Crippen LogP contribution in [0.2, 0.25) is 0 Å². The Morgan fingerprint density at radius 3 is 2.26 bits per heavy atom. The molecule has 0 spiro atoms. The van der Waals surface area contributed by atoms with E-state index in [0.29, 0.717) is 51.5 Å². The highest BCUT2D eigenvalue weighted by Crippen LogP contribution is 2.43. The number of nitrogens with zero attached hydrogens (tertiary/aromatic N) is 2. The Hall–Kier alpha value is -3.65. The molecule has 0 bridgehead atoms. The van der Waals surface area contributed by atoms with Gasteiger partial charge in [-0.2, -0.15) is 0 Å². The number of aryl methyl sites for hydroxylation is 3. The van der Waals surface area contributed by atoms with E-state index in [-0.39, 0.29) is 28.9 Å². The van der Waals surface area contributed by atoms with Gasteiger partial charge in [-0.15, -0.1) is 0 Å². The second kappa shape index (κ2) is 11.2. The average molecular weight is 577 g/mol. The van der Waals surface area contributed by atoms with Crippen molar-refractivity contribution in [2.45, 2.75) is 90.4 Å². The van der Waals surface area contributed by atoms with E-state index < -0.39 is 5.60 Å². The Morgan fingerprint density at radius 1 is 1.00 bits per heavy atom. The van der Waals surface area contributed by atoms with E-state index in [9.17, 15) is 19.1 Å². The summed E-state index contributed by atoms with van der Waals surface area (Å²) in [5.74, 6) is 1.38. The van der Waals surface area contributed by atoms with Gasteiger partial charge in [-0.3, -0.25) is 9.59 Å². The van der Waals surface area contributed by atoms with Gasteiger partial charge in [0, 0.05) is 48.9 Å². The summed E-state index contributed by atoms with van der Waals surface area (Å²) in [6.07, 6.45) is 6.32. The van der Waals surface area contributed by atoms with Gasteiger partial charge in [0.25, 0.3) is 5.56 Å². The molecule has 8 heteroatoms. The van der Waals surface area contributed by atoms with E-state index >= 15 is 0 Å². The number of carbonyl (C=O) groups is 1. The summed E-state index contributed by atoms with van der Waals surface area (Å²) in [6.45, 7) is 9.99. The van der Waals surface area contributed by atoms with Crippen LogP contribution in [0.3, 0.4) is 0 Å². The smallest absolute Gasteiger partial charge is 0.254 e. The summed E-state index contributed by atoms with van der Waals surface area (Å²) < 4.78 is 28.5. The zero-order chi connectivity index (χ0) is 30.4. The molecule has 2 heterocycles. The number of hydrogen-bond donors (Lipinski definition) is 1. The zero-order valence-electron chi connectivity index (χ0n) is 25.4. The fourth-order valence-corrected chi connectivity index (χ4v) is 6.29. The van der Waals surface area contributed by atoms with Crippen molar-refractivity contribution in [3.8, 4) is 28.4 Å². The third-order valence-electron chi connectivity index (χ3n) is 8.83. The summed E-state index contributed by atoms with van der Waals surface area (Å²) in [5, 5.41) is 10.8. The van der Waals surface area contributed by atoms with Gasteiger partial charge in [0.05, 0.1) is 11.7 Å². The molecule has 1 saturated heterocycles. The Labute approximate surface area is 246 Å². The molecule has 7 nitrogen and oxygen atoms in total. The van der Waals surface area contributed by atoms with Crippen LogP contribution in [0.15, 0.2) is 47.4 Å². The predicted molar refractivity (Wildman–Crippen MR) is 161 cm³/mol. The molecule has 1 amide bonds. The van der Waals surface area contributed by atoms with Crippen molar-refractivity contribution in [1.82, 2.24) is 9.47 Å². The van der Waals surface area contributed by atoms with Gasteiger partial charge in [0.2, 0.25) is 5.91 Å². The Kier molecular flexibility index (Phi) is 7.96. The van der Waals surface area contributed by atoms with Gasteiger partial charge in [0.15, 0.2) is 0 Å². The monoisotopic (exact) mass is 576 g/mol. The lowest BCUT2D eigenvalue weighted by atomic mass is 9.80. The van der Waals surface area contributed by atoms with Crippen LogP contribution in [0, 0.1) is 19.7 Å². The molecule has 1 N–H and O–H groups in total. The zero-order valence-corrected chi connectivity index (χ0v) is 25.4. The quantitative estimate of drug-likeness (QED) is 0.346. The van der Waals surface area contributed by atoms with Gasteiger partial charge < -0.3 is 24.0 Å². The highest BCUT2D eigenvalue weighted by Gasteiger charge is 2.41. The van der Waals surface area contributed by atoms with Crippen molar-refractivity contribution in [3.05, 3.63) is 75.5 Å². The molecule has 42 heavy (non-hydrogen) atoms. The normalized spacial score (nSPS) is 21.1. The third kappa shape index (κ3) is 5.95. The maximum atomic E-state index is 14.0. The first-order chi connectivity index (χ1) is 19.7. The molecule has 224 valence electrons. The molecule has 2 aromatic carbocycles. The minimum absolute atomic E-state index is 0.120. The van der Waals surface area contributed by atoms with Crippen LogP contribution in [-0.2, 0) is 17.4 Å². The number of likely N-dealkylation sites (tertiary alicyclic amines) is 1. The molecular formula is C34H41FN2O5. The molecule has 0 unspecified atom stereocenters. The topological polar surface area (TPSA) is 81.0 Å². The summed E-state index contributed by atoms with van der Waals surface area (Å²) in [5.41, 5.74) is 1.77. The van der Waals surface area contributed by atoms with Crippen LogP contribution < -0.4 is 15.0 Å². The molecule has 0 atom stereocenters. The van der Waals surface area contributed by atoms with Crippen LogP contribution in [-0.4, -0.2) is 38.7 Å². The number of pyridine rings is 1. The molecule has 3 aromatic rings. The SMILES string of the molecule is Cc1cc(F)cc(C)c1Oc1ccc(C(C)(C)O)cc1-c1cn(C)c(=O)cc1OC1CCC(C)(N2CCCC2=O)CC1. The van der Waals surface area contributed by atoms with E-state index in [1.54, 1.807) is 53.1 Å². The largest absolute Gasteiger partial charge is 0.490 e. The number of ether oxygens (including phenoxy) is 2. The molecule has 2 fully saturated rings. The van der Waals surface area contributed by atoms with E-state index in [1.165, 1.54) is 22.8 Å². The maximum Gasteiger partial charge on any atom is 0.254 e. The molecule has 0 radical (unpaired) electrons. The molecule has 1 aliphatic heterocycles. The van der Waals surface area contributed by atoms with Crippen LogP contribution in [0.25, 0.3) is 11.1 Å². The van der Waals surface area contributed by atoms with Crippen molar-refractivity contribution in [2.24, 2.45) is 7.05 Å². The van der Waals surface area contributed by atoms with E-state index in [4.69, 9.17) is 9.47 Å². The fraction of sp³-hybridized carbons (Fsp3) is 0.471. The first-order valence-electron chi connectivity index (χ1n) is 14.7. The standard InChI is InChI=1S/C34H41FN2O5/c1-21-16-24(35)17-22(2)32(21)42-28-10-9-23(33(3,4)40)18-26(28)27-20-36(6)31(39)19-29(27)41-25-11-13-34(5,14-12-25)37-15-7-8-30(37)38/h9-10,16-20,25,40H,7-8,11-15H2,1-6H3. The van der Waals surface area contributed by atoms with Crippen molar-refractivity contribution in [3.63, 3.8) is 0 Å².